The molecule has 3 aromatic carbocycles. The summed E-state index contributed by atoms with van der Waals surface area (Å²) in [6.45, 7) is 2.57. The number of pyridine rings is 1. The van der Waals surface area contributed by atoms with Crippen LogP contribution in [0.5, 0.6) is 0 Å². The van der Waals surface area contributed by atoms with Crippen molar-refractivity contribution in [2.75, 3.05) is 32.5 Å². The number of nitrogens with one attached hydrogen (secondary N) is 2. The van der Waals surface area contributed by atoms with Crippen LogP contribution in [0.2, 0.25) is 0 Å². The minimum Gasteiger partial charge on any atom is -0.378 e. The maximum absolute atomic E-state index is 12.7. The summed E-state index contributed by atoms with van der Waals surface area (Å²) in [6.07, 6.45) is 1.96. The second-order valence-corrected chi connectivity index (χ2v) is 9.04. The number of fused-ring (bicyclic) bond motifs is 2. The number of hydrogen-bond acceptors (Lipinski definition) is 6. The van der Waals surface area contributed by atoms with Gasteiger partial charge < -0.3 is 15.5 Å². The van der Waals surface area contributed by atoms with Crippen LogP contribution in [-0.2, 0) is 13.1 Å². The van der Waals surface area contributed by atoms with Crippen molar-refractivity contribution in [3.63, 3.8) is 0 Å². The Bertz CT molecular complexity index is 1490. The minimum atomic E-state index is -0.0988. The monoisotopic (exact) mass is 479 g/mol. The van der Waals surface area contributed by atoms with Gasteiger partial charge in [-0.2, -0.15) is 0 Å². The van der Waals surface area contributed by atoms with Gasteiger partial charge in [-0.05, 0) is 43.9 Å². The number of benzene rings is 3. The van der Waals surface area contributed by atoms with Gasteiger partial charge in [-0.3, -0.25) is 4.79 Å². The van der Waals surface area contributed by atoms with Crippen molar-refractivity contribution in [3.8, 4) is 0 Å². The predicted octanol–water partition coefficient (Wildman–Crippen LogP) is 3.93. The van der Waals surface area contributed by atoms with Crippen molar-refractivity contribution in [1.82, 2.24) is 30.2 Å². The molecule has 0 atom stereocenters. The van der Waals surface area contributed by atoms with E-state index in [0.29, 0.717) is 25.2 Å². The Kier molecular flexibility index (Phi) is 6.86. The van der Waals surface area contributed by atoms with Crippen LogP contribution in [0.3, 0.4) is 0 Å². The standard InChI is InChI=1S/C28H29N7O/c1-34(2)15-14-29-28(36)21-12-13-24-26(16-21)31-25-11-7-6-10-23(25)27(24)30-17-22-19-35(33-32-22)18-20-8-4-3-5-9-20/h3-13,16,19H,14-15,17-18H2,1-2H3,(H,29,36)(H,30,31). The Balaban J connectivity index is 1.39. The summed E-state index contributed by atoms with van der Waals surface area (Å²) in [7, 11) is 3.96. The Labute approximate surface area is 209 Å². The highest BCUT2D eigenvalue weighted by Crippen LogP contribution is 2.31. The first-order chi connectivity index (χ1) is 17.6. The molecule has 2 N–H and O–H groups in total. The van der Waals surface area contributed by atoms with Gasteiger partial charge in [-0.25, -0.2) is 9.67 Å². The molecule has 0 fully saturated rings. The SMILES string of the molecule is CN(C)CCNC(=O)c1ccc2c(NCc3cn(Cc4ccccc4)nn3)c3ccccc3nc2c1. The topological polar surface area (TPSA) is 88.0 Å². The first kappa shape index (κ1) is 23.4. The zero-order valence-corrected chi connectivity index (χ0v) is 20.5. The van der Waals surface area contributed by atoms with Crippen molar-refractivity contribution in [2.24, 2.45) is 0 Å². The predicted molar refractivity (Wildman–Crippen MR) is 143 cm³/mol. The van der Waals surface area contributed by atoms with Crippen LogP contribution in [-0.4, -0.2) is 58.0 Å². The van der Waals surface area contributed by atoms with Gasteiger partial charge in [-0.15, -0.1) is 5.10 Å². The first-order valence-corrected chi connectivity index (χ1v) is 12.0. The number of rotatable bonds is 9. The molecule has 2 aromatic heterocycles. The number of aromatic nitrogens is 4. The van der Waals surface area contributed by atoms with E-state index in [1.54, 1.807) is 0 Å². The highest BCUT2D eigenvalue weighted by molar-refractivity contribution is 6.09. The van der Waals surface area contributed by atoms with E-state index < -0.39 is 0 Å². The van der Waals surface area contributed by atoms with Crippen molar-refractivity contribution >= 4 is 33.4 Å². The number of hydrogen-bond donors (Lipinski definition) is 2. The number of nitrogens with zero attached hydrogens (tertiary/aromatic N) is 5. The second kappa shape index (κ2) is 10.5. The van der Waals surface area contributed by atoms with Crippen molar-refractivity contribution in [1.29, 1.82) is 0 Å². The number of likely N-dealkylation sites (N-methyl/N-ethyl adjacent to an activating group) is 1. The van der Waals surface area contributed by atoms with Crippen LogP contribution in [0, 0.1) is 0 Å². The van der Waals surface area contributed by atoms with E-state index in [1.165, 1.54) is 5.56 Å². The van der Waals surface area contributed by atoms with Crippen LogP contribution in [0.25, 0.3) is 21.8 Å². The number of amides is 1. The molecule has 1 amide bonds. The molecule has 182 valence electrons. The molecular formula is C28H29N7O. The molecule has 8 heteroatoms. The van der Waals surface area contributed by atoms with Gasteiger partial charge >= 0.3 is 0 Å². The van der Waals surface area contributed by atoms with Gasteiger partial charge in [-0.1, -0.05) is 53.7 Å². The Hall–Kier alpha value is -4.30. The van der Waals surface area contributed by atoms with Gasteiger partial charge in [0.05, 0.1) is 36.0 Å². The lowest BCUT2D eigenvalue weighted by Crippen LogP contribution is -2.31. The number of para-hydroxylation sites is 1. The number of anilines is 1. The van der Waals surface area contributed by atoms with E-state index in [0.717, 1.165) is 39.7 Å². The fourth-order valence-corrected chi connectivity index (χ4v) is 4.17. The van der Waals surface area contributed by atoms with Crippen LogP contribution in [0.1, 0.15) is 21.6 Å². The van der Waals surface area contributed by atoms with Crippen molar-refractivity contribution in [3.05, 3.63) is 95.8 Å². The minimum absolute atomic E-state index is 0.0988. The van der Waals surface area contributed by atoms with Gasteiger partial charge in [0.1, 0.15) is 5.69 Å². The average Bonchev–Trinajstić information content (AvgIpc) is 3.33. The number of carbonyl (C=O) groups excluding carboxylic acids is 1. The lowest BCUT2D eigenvalue weighted by molar-refractivity contribution is 0.0951. The third-order valence-corrected chi connectivity index (χ3v) is 6.01. The maximum atomic E-state index is 12.7. The van der Waals surface area contributed by atoms with E-state index in [9.17, 15) is 4.79 Å². The molecule has 5 aromatic rings. The normalized spacial score (nSPS) is 11.3. The molecule has 8 nitrogen and oxygen atoms in total. The summed E-state index contributed by atoms with van der Waals surface area (Å²) in [5.41, 5.74) is 5.22. The zero-order valence-electron chi connectivity index (χ0n) is 20.5. The van der Waals surface area contributed by atoms with E-state index in [1.807, 2.05) is 84.5 Å². The molecule has 0 unspecified atom stereocenters. The molecule has 0 spiro atoms. The summed E-state index contributed by atoms with van der Waals surface area (Å²) >= 11 is 0. The molecular weight excluding hydrogens is 450 g/mol. The Morgan fingerprint density at radius 3 is 2.56 bits per heavy atom. The molecule has 36 heavy (non-hydrogen) atoms. The lowest BCUT2D eigenvalue weighted by atomic mass is 10.0. The third-order valence-electron chi connectivity index (χ3n) is 6.01. The molecule has 0 saturated carbocycles. The second-order valence-electron chi connectivity index (χ2n) is 9.04. The largest absolute Gasteiger partial charge is 0.378 e. The van der Waals surface area contributed by atoms with Crippen LogP contribution >= 0.6 is 0 Å². The summed E-state index contributed by atoms with van der Waals surface area (Å²) in [5.74, 6) is -0.0988. The molecule has 0 radical (unpaired) electrons. The van der Waals surface area contributed by atoms with E-state index >= 15 is 0 Å². The Morgan fingerprint density at radius 2 is 1.72 bits per heavy atom. The molecule has 0 aliphatic carbocycles. The van der Waals surface area contributed by atoms with Gasteiger partial charge in [0.25, 0.3) is 5.91 Å². The molecule has 2 heterocycles. The molecule has 0 aliphatic heterocycles. The highest BCUT2D eigenvalue weighted by Gasteiger charge is 2.13. The quantitative estimate of drug-likeness (QED) is 0.312. The molecule has 0 bridgehead atoms. The van der Waals surface area contributed by atoms with Gasteiger partial charge in [0.2, 0.25) is 0 Å². The van der Waals surface area contributed by atoms with E-state index in [2.05, 4.69) is 39.1 Å². The third kappa shape index (κ3) is 5.34. The van der Waals surface area contributed by atoms with Gasteiger partial charge in [0.15, 0.2) is 0 Å². The molecule has 0 aliphatic rings. The van der Waals surface area contributed by atoms with Crippen LogP contribution in [0.15, 0.2) is 79.0 Å². The van der Waals surface area contributed by atoms with Gasteiger partial charge in [0, 0.05) is 29.4 Å². The maximum Gasteiger partial charge on any atom is 0.251 e. The van der Waals surface area contributed by atoms with Crippen LogP contribution < -0.4 is 10.6 Å². The van der Waals surface area contributed by atoms with E-state index in [-0.39, 0.29) is 5.91 Å². The fraction of sp³-hybridized carbons (Fsp3) is 0.214. The fourth-order valence-electron chi connectivity index (χ4n) is 4.17. The van der Waals surface area contributed by atoms with Crippen molar-refractivity contribution < 1.29 is 4.79 Å². The highest BCUT2D eigenvalue weighted by atomic mass is 16.1. The summed E-state index contributed by atoms with van der Waals surface area (Å²) in [5, 5.41) is 17.1. The summed E-state index contributed by atoms with van der Waals surface area (Å²) in [6, 6.07) is 23.9. The summed E-state index contributed by atoms with van der Waals surface area (Å²) < 4.78 is 1.84. The number of carbonyl (C=O) groups is 1. The summed E-state index contributed by atoms with van der Waals surface area (Å²) in [4.78, 5) is 19.5. The smallest absolute Gasteiger partial charge is 0.251 e. The van der Waals surface area contributed by atoms with Crippen molar-refractivity contribution in [2.45, 2.75) is 13.1 Å². The first-order valence-electron chi connectivity index (χ1n) is 12.0. The van der Waals surface area contributed by atoms with E-state index in [4.69, 9.17) is 4.98 Å². The molecule has 0 saturated heterocycles. The Morgan fingerprint density at radius 1 is 0.944 bits per heavy atom. The average molecular weight is 480 g/mol. The van der Waals surface area contributed by atoms with Crippen LogP contribution in [0.4, 0.5) is 5.69 Å². The molecule has 5 rings (SSSR count). The lowest BCUT2D eigenvalue weighted by Gasteiger charge is -2.14. The zero-order chi connectivity index (χ0) is 24.9.